The third-order valence-electron chi connectivity index (χ3n) is 4.69. The van der Waals surface area contributed by atoms with Crippen molar-refractivity contribution in [3.05, 3.63) is 41.2 Å². The highest BCUT2D eigenvalue weighted by molar-refractivity contribution is 5.92. The van der Waals surface area contributed by atoms with Gasteiger partial charge in [-0.3, -0.25) is 9.89 Å². The monoisotopic (exact) mass is 311 g/mol. The van der Waals surface area contributed by atoms with E-state index in [2.05, 4.69) is 26.2 Å². The van der Waals surface area contributed by atoms with Crippen LogP contribution in [0.3, 0.4) is 0 Å². The molecule has 1 aliphatic heterocycles. The van der Waals surface area contributed by atoms with Crippen LogP contribution in [0.1, 0.15) is 65.2 Å². The molecule has 2 fully saturated rings. The zero-order valence-electron chi connectivity index (χ0n) is 13.3. The number of nitrogens with zero attached hydrogens (tertiary/aromatic N) is 4. The minimum atomic E-state index is 0.0197. The molecule has 1 aliphatic carbocycles. The molecule has 120 valence electrons. The Labute approximate surface area is 135 Å². The van der Waals surface area contributed by atoms with Crippen LogP contribution >= 0.6 is 0 Å². The number of piperidine rings is 1. The second kappa shape index (κ2) is 5.76. The molecular formula is C17H21N5O. The van der Waals surface area contributed by atoms with Gasteiger partial charge in [0, 0.05) is 36.8 Å². The van der Waals surface area contributed by atoms with Gasteiger partial charge in [0.1, 0.15) is 11.5 Å². The van der Waals surface area contributed by atoms with E-state index in [9.17, 15) is 4.79 Å². The number of hydrogen-bond donors (Lipinski definition) is 1. The topological polar surface area (TPSA) is 74.8 Å². The molecule has 1 atom stereocenters. The van der Waals surface area contributed by atoms with Crippen LogP contribution in [0.2, 0.25) is 0 Å². The molecule has 0 radical (unpaired) electrons. The summed E-state index contributed by atoms with van der Waals surface area (Å²) in [6.07, 6.45) is 6.07. The van der Waals surface area contributed by atoms with E-state index in [0.29, 0.717) is 24.1 Å². The molecule has 2 aliphatic rings. The van der Waals surface area contributed by atoms with Gasteiger partial charge in [0.15, 0.2) is 0 Å². The molecule has 1 saturated heterocycles. The molecule has 2 aromatic rings. The number of aromatic nitrogens is 4. The molecular weight excluding hydrogens is 290 g/mol. The fourth-order valence-electron chi connectivity index (χ4n) is 3.24. The van der Waals surface area contributed by atoms with Gasteiger partial charge < -0.3 is 4.90 Å². The van der Waals surface area contributed by atoms with Crippen molar-refractivity contribution in [2.24, 2.45) is 0 Å². The molecule has 4 rings (SSSR count). The second-order valence-electron chi connectivity index (χ2n) is 6.64. The third-order valence-corrected chi connectivity index (χ3v) is 4.69. The number of aromatic amines is 1. The summed E-state index contributed by atoms with van der Waals surface area (Å²) in [6, 6.07) is 3.81. The lowest BCUT2D eigenvalue weighted by atomic mass is 9.94. The molecule has 2 aromatic heterocycles. The Hall–Kier alpha value is -2.24. The van der Waals surface area contributed by atoms with E-state index in [0.717, 1.165) is 49.4 Å². The first-order chi connectivity index (χ1) is 11.2. The molecule has 0 bridgehead atoms. The summed E-state index contributed by atoms with van der Waals surface area (Å²) in [7, 11) is 0. The Balaban J connectivity index is 1.50. The Kier molecular flexibility index (Phi) is 3.59. The summed E-state index contributed by atoms with van der Waals surface area (Å²) in [5.74, 6) is 1.62. The van der Waals surface area contributed by atoms with E-state index in [1.54, 1.807) is 12.3 Å². The van der Waals surface area contributed by atoms with Crippen molar-refractivity contribution in [3.63, 3.8) is 0 Å². The molecule has 0 spiro atoms. The van der Waals surface area contributed by atoms with Crippen LogP contribution in [0.4, 0.5) is 0 Å². The van der Waals surface area contributed by atoms with Crippen LogP contribution in [0, 0.1) is 6.92 Å². The number of carbonyl (C=O) groups excluding carboxylic acids is 1. The van der Waals surface area contributed by atoms with Gasteiger partial charge in [-0.05, 0) is 44.7 Å². The van der Waals surface area contributed by atoms with Crippen molar-refractivity contribution in [1.82, 2.24) is 25.1 Å². The first-order valence-corrected chi connectivity index (χ1v) is 8.35. The molecule has 1 saturated carbocycles. The quantitative estimate of drug-likeness (QED) is 0.944. The molecule has 1 amide bonds. The highest BCUT2D eigenvalue weighted by atomic mass is 16.2. The van der Waals surface area contributed by atoms with Crippen molar-refractivity contribution in [3.8, 4) is 0 Å². The van der Waals surface area contributed by atoms with Gasteiger partial charge >= 0.3 is 0 Å². The fraction of sp³-hybridized carbons (Fsp3) is 0.529. The number of nitrogens with one attached hydrogen (secondary N) is 1. The van der Waals surface area contributed by atoms with Gasteiger partial charge in [-0.1, -0.05) is 0 Å². The summed E-state index contributed by atoms with van der Waals surface area (Å²) >= 11 is 0. The van der Waals surface area contributed by atoms with E-state index < -0.39 is 0 Å². The lowest BCUT2D eigenvalue weighted by Crippen LogP contribution is -2.39. The second-order valence-corrected chi connectivity index (χ2v) is 6.64. The van der Waals surface area contributed by atoms with Crippen molar-refractivity contribution in [2.75, 3.05) is 13.1 Å². The number of hydrogen-bond acceptors (Lipinski definition) is 4. The largest absolute Gasteiger partial charge is 0.337 e. The van der Waals surface area contributed by atoms with Gasteiger partial charge in [-0.25, -0.2) is 9.97 Å². The number of likely N-dealkylation sites (tertiary alicyclic amines) is 1. The first kappa shape index (κ1) is 14.4. The highest BCUT2D eigenvalue weighted by Crippen LogP contribution is 2.37. The van der Waals surface area contributed by atoms with Crippen molar-refractivity contribution in [2.45, 2.75) is 44.4 Å². The van der Waals surface area contributed by atoms with Crippen LogP contribution < -0.4 is 0 Å². The summed E-state index contributed by atoms with van der Waals surface area (Å²) in [4.78, 5) is 23.5. The Morgan fingerprint density at radius 2 is 2.17 bits per heavy atom. The Bertz CT molecular complexity index is 721. The van der Waals surface area contributed by atoms with E-state index in [-0.39, 0.29) is 5.91 Å². The van der Waals surface area contributed by atoms with Gasteiger partial charge in [0.25, 0.3) is 5.91 Å². The Morgan fingerprint density at radius 3 is 2.91 bits per heavy atom. The maximum Gasteiger partial charge on any atom is 0.272 e. The average Bonchev–Trinajstić information content (AvgIpc) is 3.36. The predicted octanol–water partition coefficient (Wildman–Crippen LogP) is 2.41. The van der Waals surface area contributed by atoms with Crippen LogP contribution in [-0.4, -0.2) is 44.1 Å². The number of aryl methyl sites for hydroxylation is 1. The van der Waals surface area contributed by atoms with Gasteiger partial charge in [0.2, 0.25) is 0 Å². The first-order valence-electron chi connectivity index (χ1n) is 8.35. The lowest BCUT2D eigenvalue weighted by molar-refractivity contribution is 0.0699. The Morgan fingerprint density at radius 1 is 1.30 bits per heavy atom. The van der Waals surface area contributed by atoms with Crippen LogP contribution in [0.5, 0.6) is 0 Å². The van der Waals surface area contributed by atoms with E-state index in [4.69, 9.17) is 0 Å². The van der Waals surface area contributed by atoms with E-state index in [1.807, 2.05) is 11.8 Å². The van der Waals surface area contributed by atoms with Crippen LogP contribution in [0.25, 0.3) is 0 Å². The van der Waals surface area contributed by atoms with Crippen LogP contribution in [-0.2, 0) is 0 Å². The number of amides is 1. The van der Waals surface area contributed by atoms with Crippen molar-refractivity contribution in [1.29, 1.82) is 0 Å². The minimum absolute atomic E-state index is 0.0197. The number of H-pyrrole nitrogens is 1. The molecule has 6 nitrogen and oxygen atoms in total. The van der Waals surface area contributed by atoms with E-state index in [1.165, 1.54) is 0 Å². The molecule has 6 heteroatoms. The number of carbonyl (C=O) groups is 1. The van der Waals surface area contributed by atoms with Gasteiger partial charge in [0.05, 0.1) is 5.69 Å². The summed E-state index contributed by atoms with van der Waals surface area (Å²) in [6.45, 7) is 3.51. The molecule has 1 N–H and O–H groups in total. The van der Waals surface area contributed by atoms with Gasteiger partial charge in [-0.2, -0.15) is 5.10 Å². The molecule has 0 aromatic carbocycles. The normalized spacial score (nSPS) is 21.4. The predicted molar refractivity (Wildman–Crippen MR) is 85.2 cm³/mol. The highest BCUT2D eigenvalue weighted by Gasteiger charge is 2.30. The van der Waals surface area contributed by atoms with Crippen LogP contribution in [0.15, 0.2) is 18.3 Å². The summed E-state index contributed by atoms with van der Waals surface area (Å²) in [5, 5.41) is 7.36. The zero-order chi connectivity index (χ0) is 15.8. The van der Waals surface area contributed by atoms with E-state index >= 15 is 0 Å². The van der Waals surface area contributed by atoms with Crippen molar-refractivity contribution >= 4 is 5.91 Å². The fourth-order valence-corrected chi connectivity index (χ4v) is 3.24. The SMILES string of the molecule is Cc1cc([C@@H]2CCCN(C(=O)c3ccnc(C4CC4)n3)C2)n[nH]1. The molecule has 3 heterocycles. The standard InChI is InChI=1S/C17H21N5O/c1-11-9-15(21-20-11)13-3-2-8-22(10-13)17(23)14-6-7-18-16(19-14)12-4-5-12/h6-7,9,12-13H,2-5,8,10H2,1H3,(H,20,21)/t13-/m1/s1. The lowest BCUT2D eigenvalue weighted by Gasteiger charge is -2.31. The maximum absolute atomic E-state index is 12.8. The summed E-state index contributed by atoms with van der Waals surface area (Å²) in [5.41, 5.74) is 2.65. The maximum atomic E-state index is 12.8. The molecule has 23 heavy (non-hydrogen) atoms. The molecule has 0 unspecified atom stereocenters. The zero-order valence-corrected chi connectivity index (χ0v) is 13.3. The number of rotatable bonds is 3. The average molecular weight is 311 g/mol. The third kappa shape index (κ3) is 2.98. The minimum Gasteiger partial charge on any atom is -0.337 e. The summed E-state index contributed by atoms with van der Waals surface area (Å²) < 4.78 is 0. The smallest absolute Gasteiger partial charge is 0.272 e. The van der Waals surface area contributed by atoms with Crippen molar-refractivity contribution < 1.29 is 4.79 Å². The van der Waals surface area contributed by atoms with Gasteiger partial charge in [-0.15, -0.1) is 0 Å².